The third-order valence-electron chi connectivity index (χ3n) is 2.90. The summed E-state index contributed by atoms with van der Waals surface area (Å²) in [4.78, 5) is 23.7. The molecule has 0 unspecified atom stereocenters. The first-order chi connectivity index (χ1) is 9.38. The van der Waals surface area contributed by atoms with Crippen molar-refractivity contribution in [3.05, 3.63) is 52.9 Å². The maximum absolute atomic E-state index is 13.6. The second-order valence-electron chi connectivity index (χ2n) is 4.51. The number of hydrogen-bond acceptors (Lipinski definition) is 3. The van der Waals surface area contributed by atoms with Gasteiger partial charge < -0.3 is 0 Å². The normalized spacial score (nSPS) is 10.6. The van der Waals surface area contributed by atoms with Crippen LogP contribution in [-0.2, 0) is 7.05 Å². The summed E-state index contributed by atoms with van der Waals surface area (Å²) >= 11 is 0. The molecule has 1 aromatic heterocycles. The van der Waals surface area contributed by atoms with Gasteiger partial charge in [0.25, 0.3) is 0 Å². The molecule has 0 fully saturated rings. The molecule has 0 radical (unpaired) electrons. The molecule has 0 amide bonds. The first-order valence-electron chi connectivity index (χ1n) is 5.89. The van der Waals surface area contributed by atoms with Crippen molar-refractivity contribution < 1.29 is 18.4 Å². The molecule has 104 valence electrons. The van der Waals surface area contributed by atoms with Gasteiger partial charge in [0.1, 0.15) is 11.6 Å². The molecule has 0 N–H and O–H groups in total. The number of aromatic nitrogens is 2. The minimum Gasteiger partial charge on any atom is -0.294 e. The Morgan fingerprint density at radius 1 is 1.20 bits per heavy atom. The highest BCUT2D eigenvalue weighted by atomic mass is 19.1. The van der Waals surface area contributed by atoms with E-state index in [0.29, 0.717) is 0 Å². The number of hydrogen-bond donors (Lipinski definition) is 0. The molecule has 4 nitrogen and oxygen atoms in total. The first kappa shape index (κ1) is 14.0. The van der Waals surface area contributed by atoms with Gasteiger partial charge in [-0.15, -0.1) is 0 Å². The van der Waals surface area contributed by atoms with E-state index in [1.54, 1.807) is 7.05 Å². The van der Waals surface area contributed by atoms with E-state index in [9.17, 15) is 18.4 Å². The predicted octanol–water partition coefficient (Wildman–Crippen LogP) is 2.46. The molecule has 6 heteroatoms. The summed E-state index contributed by atoms with van der Waals surface area (Å²) in [5.74, 6) is -2.74. The number of Topliss-reactive ketones (excluding diaryl/α,β-unsaturated/α-hetero) is 2. The van der Waals surface area contributed by atoms with Crippen LogP contribution in [0.25, 0.3) is 0 Å². The summed E-state index contributed by atoms with van der Waals surface area (Å²) in [6, 6.07) is 1.76. The van der Waals surface area contributed by atoms with E-state index >= 15 is 0 Å². The number of rotatable bonds is 4. The molecule has 0 aliphatic heterocycles. The van der Waals surface area contributed by atoms with Crippen LogP contribution in [0.1, 0.15) is 32.7 Å². The minimum atomic E-state index is -0.826. The van der Waals surface area contributed by atoms with Gasteiger partial charge >= 0.3 is 0 Å². The van der Waals surface area contributed by atoms with Gasteiger partial charge in [-0.3, -0.25) is 14.3 Å². The van der Waals surface area contributed by atoms with Crippen LogP contribution in [-0.4, -0.2) is 21.3 Å². The lowest BCUT2D eigenvalue weighted by molar-refractivity contribution is 0.0892. The van der Waals surface area contributed by atoms with E-state index in [4.69, 9.17) is 0 Å². The van der Waals surface area contributed by atoms with Crippen molar-refractivity contribution in [2.45, 2.75) is 13.3 Å². The second-order valence-corrected chi connectivity index (χ2v) is 4.51. The fraction of sp³-hybridized carbons (Fsp3) is 0.214. The molecule has 20 heavy (non-hydrogen) atoms. The van der Waals surface area contributed by atoms with Gasteiger partial charge in [-0.05, 0) is 24.6 Å². The van der Waals surface area contributed by atoms with E-state index in [2.05, 4.69) is 5.10 Å². The smallest absolute Gasteiger partial charge is 0.173 e. The number of carbonyl (C=O) groups excluding carboxylic acids is 2. The molecule has 2 rings (SSSR count). The highest BCUT2D eigenvalue weighted by Gasteiger charge is 2.19. The largest absolute Gasteiger partial charge is 0.294 e. The Balaban J connectivity index is 2.20. The van der Waals surface area contributed by atoms with Crippen LogP contribution in [0, 0.1) is 18.6 Å². The fourth-order valence-corrected chi connectivity index (χ4v) is 1.77. The molecule has 1 aromatic carbocycles. The summed E-state index contributed by atoms with van der Waals surface area (Å²) in [7, 11) is 1.63. The molecule has 0 aliphatic carbocycles. The van der Waals surface area contributed by atoms with Crippen molar-refractivity contribution in [1.29, 1.82) is 0 Å². The topological polar surface area (TPSA) is 52.0 Å². The zero-order valence-electron chi connectivity index (χ0n) is 11.0. The maximum atomic E-state index is 13.6. The lowest BCUT2D eigenvalue weighted by Crippen LogP contribution is -2.10. The van der Waals surface area contributed by atoms with Crippen LogP contribution in [0.3, 0.4) is 0 Å². The third-order valence-corrected chi connectivity index (χ3v) is 2.90. The van der Waals surface area contributed by atoms with Gasteiger partial charge in [-0.2, -0.15) is 5.10 Å². The average molecular weight is 278 g/mol. The Hall–Kier alpha value is -2.37. The predicted molar refractivity (Wildman–Crippen MR) is 67.6 cm³/mol. The molecular weight excluding hydrogens is 266 g/mol. The van der Waals surface area contributed by atoms with Gasteiger partial charge in [0.05, 0.1) is 23.7 Å². The number of ketones is 2. The fourth-order valence-electron chi connectivity index (χ4n) is 1.77. The Bertz CT molecular complexity index is 692. The highest BCUT2D eigenvalue weighted by molar-refractivity contribution is 6.13. The zero-order valence-corrected chi connectivity index (χ0v) is 11.0. The Kier molecular flexibility index (Phi) is 3.74. The lowest BCUT2D eigenvalue weighted by atomic mass is 10.0. The van der Waals surface area contributed by atoms with Crippen LogP contribution in [0.5, 0.6) is 0 Å². The van der Waals surface area contributed by atoms with Gasteiger partial charge in [-0.1, -0.05) is 0 Å². The summed E-state index contributed by atoms with van der Waals surface area (Å²) in [5, 5.41) is 3.81. The summed E-state index contributed by atoms with van der Waals surface area (Å²) < 4.78 is 28.4. The van der Waals surface area contributed by atoms with E-state index < -0.39 is 35.2 Å². The van der Waals surface area contributed by atoms with Crippen molar-refractivity contribution in [3.8, 4) is 0 Å². The average Bonchev–Trinajstić information content (AvgIpc) is 2.80. The van der Waals surface area contributed by atoms with Crippen molar-refractivity contribution in [3.63, 3.8) is 0 Å². The molecule has 0 atom stereocenters. The zero-order chi connectivity index (χ0) is 14.9. The number of benzene rings is 1. The lowest BCUT2D eigenvalue weighted by Gasteiger charge is -2.04. The van der Waals surface area contributed by atoms with Gasteiger partial charge in [0, 0.05) is 13.2 Å². The Morgan fingerprint density at radius 3 is 2.50 bits per heavy atom. The summed E-state index contributed by atoms with van der Waals surface area (Å²) in [5.41, 5.74) is -0.0446. The van der Waals surface area contributed by atoms with E-state index in [0.717, 1.165) is 12.1 Å². The second kappa shape index (κ2) is 5.32. The molecule has 1 heterocycles. The van der Waals surface area contributed by atoms with Crippen LogP contribution in [0.2, 0.25) is 0 Å². The number of carbonyl (C=O) groups is 2. The quantitative estimate of drug-likeness (QED) is 0.637. The standard InChI is InChI=1S/C14H12F2N2O2/c1-8-3-12(16)10(4-11(8)15)14(20)5-13(19)9-6-17-18(2)7-9/h3-4,6-7H,5H2,1-2H3. The summed E-state index contributed by atoms with van der Waals surface area (Å²) in [6.45, 7) is 1.40. The van der Waals surface area contributed by atoms with Gasteiger partial charge in [0.15, 0.2) is 11.6 Å². The van der Waals surface area contributed by atoms with Gasteiger partial charge in [0.2, 0.25) is 0 Å². The van der Waals surface area contributed by atoms with E-state index in [1.807, 2.05) is 0 Å². The Morgan fingerprint density at radius 2 is 1.90 bits per heavy atom. The third kappa shape index (κ3) is 2.79. The van der Waals surface area contributed by atoms with E-state index in [-0.39, 0.29) is 11.1 Å². The molecule has 0 saturated heterocycles. The first-order valence-corrected chi connectivity index (χ1v) is 5.89. The van der Waals surface area contributed by atoms with Gasteiger partial charge in [-0.25, -0.2) is 8.78 Å². The SMILES string of the molecule is Cc1cc(F)c(C(=O)CC(=O)c2cnn(C)c2)cc1F. The number of aryl methyl sites for hydroxylation is 2. The molecule has 0 aliphatic rings. The van der Waals surface area contributed by atoms with Crippen molar-refractivity contribution in [2.24, 2.45) is 7.05 Å². The Labute approximate surface area is 114 Å². The number of nitrogens with zero attached hydrogens (tertiary/aromatic N) is 2. The monoisotopic (exact) mass is 278 g/mol. The van der Waals surface area contributed by atoms with Crippen molar-refractivity contribution in [2.75, 3.05) is 0 Å². The highest BCUT2D eigenvalue weighted by Crippen LogP contribution is 2.17. The van der Waals surface area contributed by atoms with Crippen molar-refractivity contribution >= 4 is 11.6 Å². The molecule has 0 bridgehead atoms. The van der Waals surface area contributed by atoms with Crippen molar-refractivity contribution in [1.82, 2.24) is 9.78 Å². The maximum Gasteiger partial charge on any atom is 0.173 e. The van der Waals surface area contributed by atoms with Crippen LogP contribution < -0.4 is 0 Å². The minimum absolute atomic E-state index is 0.109. The van der Waals surface area contributed by atoms with Crippen LogP contribution in [0.4, 0.5) is 8.78 Å². The molecule has 0 saturated carbocycles. The van der Waals surface area contributed by atoms with Crippen LogP contribution >= 0.6 is 0 Å². The molecule has 0 spiro atoms. The molecule has 2 aromatic rings. The summed E-state index contributed by atoms with van der Waals surface area (Å²) in [6.07, 6.45) is 2.26. The van der Waals surface area contributed by atoms with E-state index in [1.165, 1.54) is 24.0 Å². The number of halogens is 2. The molecular formula is C14H12F2N2O2. The van der Waals surface area contributed by atoms with Crippen LogP contribution in [0.15, 0.2) is 24.5 Å².